The Kier molecular flexibility index (Phi) is 7.00. The number of aromatic carboxylic acids is 2. The van der Waals surface area contributed by atoms with Crippen molar-refractivity contribution in [1.29, 1.82) is 0 Å². The SMILES string of the molecule is O=C(O)c1ccc(C(=O)O)c(OC(=O)c2ccccc2-c2c3ccc(=O)cc-3oc3cc(Oc4ccc(O)cc4)ccc23)c1. The molecule has 0 fully saturated rings. The zero-order chi connectivity index (χ0) is 31.0. The number of carboxylic acid groups (broad SMARTS) is 2. The number of ether oxygens (including phenoxy) is 2. The van der Waals surface area contributed by atoms with E-state index in [4.69, 9.17) is 13.9 Å². The highest BCUT2D eigenvalue weighted by atomic mass is 16.5. The monoisotopic (exact) mass is 588 g/mol. The summed E-state index contributed by atoms with van der Waals surface area (Å²) in [6.07, 6.45) is 0. The van der Waals surface area contributed by atoms with E-state index < -0.39 is 23.7 Å². The number of phenolic OH excluding ortho intramolecular Hbond substituents is 1. The lowest BCUT2D eigenvalue weighted by molar-refractivity contribution is 0.0663. The van der Waals surface area contributed by atoms with Crippen LogP contribution in [0.5, 0.6) is 23.0 Å². The van der Waals surface area contributed by atoms with E-state index in [1.54, 1.807) is 54.6 Å². The fourth-order valence-corrected chi connectivity index (χ4v) is 4.81. The molecule has 0 atom stereocenters. The molecule has 0 radical (unpaired) electrons. The summed E-state index contributed by atoms with van der Waals surface area (Å²) >= 11 is 0. The summed E-state index contributed by atoms with van der Waals surface area (Å²) in [7, 11) is 0. The maximum absolute atomic E-state index is 13.6. The summed E-state index contributed by atoms with van der Waals surface area (Å²) in [5.74, 6) is -2.89. The molecule has 0 unspecified atom stereocenters. The van der Waals surface area contributed by atoms with Crippen molar-refractivity contribution in [2.24, 2.45) is 0 Å². The molecule has 0 saturated carbocycles. The fourth-order valence-electron chi connectivity index (χ4n) is 4.81. The normalized spacial score (nSPS) is 10.9. The van der Waals surface area contributed by atoms with Crippen LogP contribution < -0.4 is 14.9 Å². The molecule has 0 aromatic heterocycles. The summed E-state index contributed by atoms with van der Waals surface area (Å²) < 4.78 is 17.5. The van der Waals surface area contributed by atoms with Crippen LogP contribution in [0.1, 0.15) is 31.1 Å². The molecular weight excluding hydrogens is 568 g/mol. The van der Waals surface area contributed by atoms with E-state index in [0.29, 0.717) is 39.2 Å². The van der Waals surface area contributed by atoms with Crippen LogP contribution in [0.4, 0.5) is 0 Å². The third kappa shape index (κ3) is 5.30. The highest BCUT2D eigenvalue weighted by Crippen LogP contribution is 2.42. The number of carboxylic acids is 2. The van der Waals surface area contributed by atoms with Crippen LogP contribution in [-0.4, -0.2) is 33.2 Å². The third-order valence-electron chi connectivity index (χ3n) is 6.82. The number of benzene rings is 5. The van der Waals surface area contributed by atoms with Gasteiger partial charge in [0, 0.05) is 28.6 Å². The molecule has 44 heavy (non-hydrogen) atoms. The number of hydrogen-bond donors (Lipinski definition) is 3. The second-order valence-corrected chi connectivity index (χ2v) is 9.65. The zero-order valence-electron chi connectivity index (χ0n) is 22.5. The smallest absolute Gasteiger partial charge is 0.344 e. The lowest BCUT2D eigenvalue weighted by Crippen LogP contribution is -2.14. The molecule has 10 nitrogen and oxygen atoms in total. The third-order valence-corrected chi connectivity index (χ3v) is 6.82. The molecule has 0 spiro atoms. The minimum absolute atomic E-state index is 0.0500. The highest BCUT2D eigenvalue weighted by molar-refractivity contribution is 6.08. The van der Waals surface area contributed by atoms with E-state index in [-0.39, 0.29) is 33.6 Å². The van der Waals surface area contributed by atoms with Crippen LogP contribution in [0.15, 0.2) is 112 Å². The number of phenols is 1. The van der Waals surface area contributed by atoms with Gasteiger partial charge in [-0.05, 0) is 78.4 Å². The zero-order valence-corrected chi connectivity index (χ0v) is 22.5. The van der Waals surface area contributed by atoms with Gasteiger partial charge >= 0.3 is 17.9 Å². The Morgan fingerprint density at radius 2 is 1.43 bits per heavy atom. The number of esters is 1. The van der Waals surface area contributed by atoms with Gasteiger partial charge in [-0.1, -0.05) is 18.2 Å². The van der Waals surface area contributed by atoms with Crippen molar-refractivity contribution in [3.8, 4) is 45.4 Å². The number of aromatic hydroxyl groups is 1. The van der Waals surface area contributed by atoms with Crippen molar-refractivity contribution < 1.29 is 43.6 Å². The second-order valence-electron chi connectivity index (χ2n) is 9.65. The van der Waals surface area contributed by atoms with Crippen molar-refractivity contribution in [3.63, 3.8) is 0 Å². The summed E-state index contributed by atoms with van der Waals surface area (Å²) in [4.78, 5) is 49.2. The lowest BCUT2D eigenvalue weighted by atomic mass is 9.91. The molecule has 6 rings (SSSR count). The van der Waals surface area contributed by atoms with Gasteiger partial charge in [-0.2, -0.15) is 0 Å². The average molecular weight is 589 g/mol. The van der Waals surface area contributed by atoms with Gasteiger partial charge in [0.05, 0.1) is 11.1 Å². The van der Waals surface area contributed by atoms with E-state index in [1.165, 1.54) is 30.3 Å². The van der Waals surface area contributed by atoms with Crippen molar-refractivity contribution in [1.82, 2.24) is 0 Å². The van der Waals surface area contributed by atoms with Gasteiger partial charge < -0.3 is 29.2 Å². The molecule has 0 bridgehead atoms. The van der Waals surface area contributed by atoms with Crippen molar-refractivity contribution in [2.45, 2.75) is 0 Å². The predicted molar refractivity (Wildman–Crippen MR) is 158 cm³/mol. The molecule has 2 aliphatic rings. The van der Waals surface area contributed by atoms with Crippen molar-refractivity contribution in [3.05, 3.63) is 130 Å². The standard InChI is InChI=1S/C34H20O10/c35-19-6-9-21(10-7-19)42-22-11-14-26-30(17-22)43-29-16-20(36)8-13-25(29)31(26)23-3-1-2-4-24(23)34(41)44-28-15-18(32(37)38)5-12-27(28)33(39)40/h1-17,35H,(H,37,38)(H,39,40). The first kappa shape index (κ1) is 27.7. The van der Waals surface area contributed by atoms with E-state index in [2.05, 4.69) is 0 Å². The quantitative estimate of drug-likeness (QED) is 0.104. The lowest BCUT2D eigenvalue weighted by Gasteiger charge is -2.18. The first-order valence-corrected chi connectivity index (χ1v) is 13.1. The van der Waals surface area contributed by atoms with Crippen LogP contribution in [0.25, 0.3) is 33.4 Å². The van der Waals surface area contributed by atoms with E-state index in [9.17, 15) is 34.5 Å². The summed E-state index contributed by atoms with van der Waals surface area (Å²) in [6.45, 7) is 0. The maximum Gasteiger partial charge on any atom is 0.344 e. The van der Waals surface area contributed by atoms with Gasteiger partial charge in [0.15, 0.2) is 5.43 Å². The van der Waals surface area contributed by atoms with Gasteiger partial charge in [-0.15, -0.1) is 0 Å². The summed E-state index contributed by atoms with van der Waals surface area (Å²) in [5, 5.41) is 29.1. The number of rotatable bonds is 7. The maximum atomic E-state index is 13.6. The molecule has 3 N–H and O–H groups in total. The molecule has 4 aromatic carbocycles. The first-order chi connectivity index (χ1) is 21.2. The topological polar surface area (TPSA) is 161 Å². The minimum Gasteiger partial charge on any atom is -0.508 e. The number of carbonyl (C=O) groups excluding carboxylic acids is 1. The summed E-state index contributed by atoms with van der Waals surface area (Å²) in [6, 6.07) is 25.1. The van der Waals surface area contributed by atoms with Gasteiger partial charge in [0.1, 0.15) is 39.9 Å². The number of fused-ring (bicyclic) bond motifs is 2. The number of carbonyl (C=O) groups is 3. The largest absolute Gasteiger partial charge is 0.508 e. The molecular formula is C34H20O10. The van der Waals surface area contributed by atoms with Crippen molar-refractivity contribution >= 4 is 28.9 Å². The van der Waals surface area contributed by atoms with Gasteiger partial charge in [0.25, 0.3) is 0 Å². The van der Waals surface area contributed by atoms with E-state index >= 15 is 0 Å². The highest BCUT2D eigenvalue weighted by Gasteiger charge is 2.24. The summed E-state index contributed by atoms with van der Waals surface area (Å²) in [5.41, 5.74) is 0.877. The molecule has 216 valence electrons. The number of hydrogen-bond acceptors (Lipinski definition) is 8. The Balaban J connectivity index is 1.49. The fraction of sp³-hybridized carbons (Fsp3) is 0. The van der Waals surface area contributed by atoms with E-state index in [1.807, 2.05) is 0 Å². The van der Waals surface area contributed by atoms with Crippen LogP contribution in [0.2, 0.25) is 0 Å². The van der Waals surface area contributed by atoms with Crippen LogP contribution >= 0.6 is 0 Å². The van der Waals surface area contributed by atoms with Crippen LogP contribution in [0.3, 0.4) is 0 Å². The van der Waals surface area contributed by atoms with E-state index in [0.717, 1.165) is 18.2 Å². The van der Waals surface area contributed by atoms with Crippen LogP contribution in [0, 0.1) is 0 Å². The molecule has 4 aromatic rings. The van der Waals surface area contributed by atoms with Gasteiger partial charge in [-0.25, -0.2) is 14.4 Å². The minimum atomic E-state index is -1.40. The van der Waals surface area contributed by atoms with Crippen LogP contribution in [-0.2, 0) is 0 Å². The Hall–Kier alpha value is -6.42. The first-order valence-electron chi connectivity index (χ1n) is 13.1. The Morgan fingerprint density at radius 3 is 2.18 bits per heavy atom. The Bertz CT molecular complexity index is 2130. The molecule has 0 saturated heterocycles. The average Bonchev–Trinajstić information content (AvgIpc) is 3.00. The predicted octanol–water partition coefficient (Wildman–Crippen LogP) is 6.68. The second kappa shape index (κ2) is 11.1. The Labute approximate surface area is 247 Å². The van der Waals surface area contributed by atoms with Gasteiger partial charge in [0.2, 0.25) is 0 Å². The molecule has 0 amide bonds. The van der Waals surface area contributed by atoms with Crippen molar-refractivity contribution in [2.75, 3.05) is 0 Å². The molecule has 10 heteroatoms. The molecule has 1 heterocycles. The molecule has 1 aliphatic carbocycles. The Morgan fingerprint density at radius 1 is 0.682 bits per heavy atom. The van der Waals surface area contributed by atoms with Gasteiger partial charge in [-0.3, -0.25) is 4.79 Å². The molecule has 1 aliphatic heterocycles.